The van der Waals surface area contributed by atoms with Crippen LogP contribution in [0.5, 0.6) is 0 Å². The molecule has 8 heteroatoms. The quantitative estimate of drug-likeness (QED) is 0.897. The Bertz CT molecular complexity index is 579. The van der Waals surface area contributed by atoms with Crippen molar-refractivity contribution in [2.24, 2.45) is 5.92 Å². The van der Waals surface area contributed by atoms with Gasteiger partial charge in [-0.3, -0.25) is 10.1 Å². The van der Waals surface area contributed by atoms with Crippen LogP contribution in [0.1, 0.15) is 26.0 Å². The van der Waals surface area contributed by atoms with Crippen molar-refractivity contribution in [3.05, 3.63) is 18.1 Å². The summed E-state index contributed by atoms with van der Waals surface area (Å²) in [6.45, 7) is 6.52. The fraction of sp³-hybridized carbons (Fsp3) is 0.625. The van der Waals surface area contributed by atoms with Crippen molar-refractivity contribution in [2.45, 2.75) is 26.9 Å². The number of nitrogens with zero attached hydrogens (tertiary/aromatic N) is 4. The van der Waals surface area contributed by atoms with Crippen molar-refractivity contribution in [3.8, 4) is 0 Å². The molecule has 0 aliphatic carbocycles. The van der Waals surface area contributed by atoms with Gasteiger partial charge in [0.2, 0.25) is 5.91 Å². The van der Waals surface area contributed by atoms with Crippen LogP contribution in [0.3, 0.4) is 0 Å². The molecule has 1 saturated heterocycles. The Hall–Kier alpha value is -2.22. The lowest BCUT2D eigenvalue weighted by Crippen LogP contribution is -2.40. The van der Waals surface area contributed by atoms with Gasteiger partial charge >= 0.3 is 6.03 Å². The van der Waals surface area contributed by atoms with E-state index in [1.165, 1.54) is 6.33 Å². The summed E-state index contributed by atoms with van der Waals surface area (Å²) < 4.78 is 5.02. The SMILES string of the molecule is COCc1cc(NC(=O)N2CCCN(C(=O)C(C)C)CC2)ncn1. The Morgan fingerprint density at radius 1 is 1.21 bits per heavy atom. The summed E-state index contributed by atoms with van der Waals surface area (Å²) in [7, 11) is 1.59. The average Bonchev–Trinajstić information content (AvgIpc) is 2.80. The Balaban J connectivity index is 1.93. The van der Waals surface area contributed by atoms with Crippen LogP contribution in [0.2, 0.25) is 0 Å². The first-order chi connectivity index (χ1) is 11.5. The molecule has 24 heavy (non-hydrogen) atoms. The van der Waals surface area contributed by atoms with Crippen LogP contribution in [0.15, 0.2) is 12.4 Å². The highest BCUT2D eigenvalue weighted by Crippen LogP contribution is 2.10. The fourth-order valence-corrected chi connectivity index (χ4v) is 2.59. The smallest absolute Gasteiger partial charge is 0.323 e. The Labute approximate surface area is 142 Å². The molecule has 1 fully saturated rings. The van der Waals surface area contributed by atoms with E-state index in [1.807, 2.05) is 18.7 Å². The summed E-state index contributed by atoms with van der Waals surface area (Å²) in [5.74, 6) is 0.560. The van der Waals surface area contributed by atoms with Crippen molar-refractivity contribution in [2.75, 3.05) is 38.6 Å². The molecule has 0 saturated carbocycles. The maximum absolute atomic E-state index is 12.4. The minimum Gasteiger partial charge on any atom is -0.378 e. The molecule has 0 unspecified atom stereocenters. The van der Waals surface area contributed by atoms with Gasteiger partial charge in [-0.15, -0.1) is 0 Å². The molecule has 0 atom stereocenters. The van der Waals surface area contributed by atoms with Gasteiger partial charge in [0.25, 0.3) is 0 Å². The van der Waals surface area contributed by atoms with Crippen LogP contribution in [0.25, 0.3) is 0 Å². The zero-order valence-corrected chi connectivity index (χ0v) is 14.5. The second-order valence-electron chi connectivity index (χ2n) is 6.08. The molecule has 0 bridgehead atoms. The number of hydrogen-bond donors (Lipinski definition) is 1. The number of urea groups is 1. The fourth-order valence-electron chi connectivity index (χ4n) is 2.59. The van der Waals surface area contributed by atoms with Crippen LogP contribution in [-0.2, 0) is 16.1 Å². The lowest BCUT2D eigenvalue weighted by Gasteiger charge is -2.23. The molecule has 2 heterocycles. The van der Waals surface area contributed by atoms with Crippen LogP contribution in [0, 0.1) is 5.92 Å². The normalized spacial score (nSPS) is 15.3. The highest BCUT2D eigenvalue weighted by atomic mass is 16.5. The molecule has 0 aromatic carbocycles. The molecule has 1 aliphatic rings. The van der Waals surface area contributed by atoms with E-state index >= 15 is 0 Å². The van der Waals surface area contributed by atoms with E-state index in [4.69, 9.17) is 4.74 Å². The van der Waals surface area contributed by atoms with Gasteiger partial charge in [0.05, 0.1) is 12.3 Å². The molecule has 2 rings (SSSR count). The van der Waals surface area contributed by atoms with E-state index in [1.54, 1.807) is 18.1 Å². The van der Waals surface area contributed by atoms with Crippen LogP contribution in [0.4, 0.5) is 10.6 Å². The molecule has 1 aliphatic heterocycles. The molecule has 0 spiro atoms. The summed E-state index contributed by atoms with van der Waals surface area (Å²) >= 11 is 0. The number of nitrogens with one attached hydrogen (secondary N) is 1. The number of carbonyl (C=O) groups excluding carboxylic acids is 2. The van der Waals surface area contributed by atoms with Gasteiger partial charge in [0.15, 0.2) is 0 Å². The van der Waals surface area contributed by atoms with Gasteiger partial charge in [-0.05, 0) is 6.42 Å². The molecular formula is C16H25N5O3. The number of anilines is 1. The van der Waals surface area contributed by atoms with Crippen molar-refractivity contribution in [3.63, 3.8) is 0 Å². The number of methoxy groups -OCH3 is 1. The van der Waals surface area contributed by atoms with Gasteiger partial charge in [0.1, 0.15) is 12.1 Å². The van der Waals surface area contributed by atoms with Gasteiger partial charge in [0, 0.05) is 45.3 Å². The third-order valence-electron chi connectivity index (χ3n) is 3.84. The minimum atomic E-state index is -0.212. The van der Waals surface area contributed by atoms with Crippen LogP contribution >= 0.6 is 0 Å². The van der Waals surface area contributed by atoms with Gasteiger partial charge in [-0.1, -0.05) is 13.8 Å². The standard InChI is InChI=1S/C16H25N5O3/c1-12(2)15(22)20-5-4-6-21(8-7-20)16(23)19-14-9-13(10-24-3)17-11-18-14/h9,11-12H,4-8,10H2,1-3H3,(H,17,18,19,23). The third kappa shape index (κ3) is 4.89. The van der Waals surface area contributed by atoms with Gasteiger partial charge < -0.3 is 14.5 Å². The van der Waals surface area contributed by atoms with E-state index in [0.717, 1.165) is 6.42 Å². The van der Waals surface area contributed by atoms with Crippen LogP contribution in [-0.4, -0.2) is 65.0 Å². The monoisotopic (exact) mass is 335 g/mol. The van der Waals surface area contributed by atoms with E-state index in [9.17, 15) is 9.59 Å². The van der Waals surface area contributed by atoms with Crippen molar-refractivity contribution in [1.82, 2.24) is 19.8 Å². The first kappa shape index (κ1) is 18.1. The van der Waals surface area contributed by atoms with Crippen LogP contribution < -0.4 is 5.32 Å². The summed E-state index contributed by atoms with van der Waals surface area (Å²) in [6, 6.07) is 1.48. The van der Waals surface area contributed by atoms with Gasteiger partial charge in [-0.2, -0.15) is 0 Å². The predicted molar refractivity (Wildman–Crippen MR) is 89.4 cm³/mol. The molecule has 132 valence electrons. The van der Waals surface area contributed by atoms with E-state index in [2.05, 4.69) is 15.3 Å². The molecule has 1 N–H and O–H groups in total. The summed E-state index contributed by atoms with van der Waals surface area (Å²) in [5.41, 5.74) is 0.701. The van der Waals surface area contributed by atoms with Crippen molar-refractivity contribution in [1.29, 1.82) is 0 Å². The average molecular weight is 335 g/mol. The molecule has 1 aromatic heterocycles. The highest BCUT2D eigenvalue weighted by Gasteiger charge is 2.23. The molecule has 8 nitrogen and oxygen atoms in total. The number of hydrogen-bond acceptors (Lipinski definition) is 5. The summed E-state index contributed by atoms with van der Waals surface area (Å²) in [6.07, 6.45) is 2.17. The molecule has 0 radical (unpaired) electrons. The second-order valence-corrected chi connectivity index (χ2v) is 6.08. The second kappa shape index (κ2) is 8.58. The molecule has 3 amide bonds. The molecule has 1 aromatic rings. The first-order valence-electron chi connectivity index (χ1n) is 8.16. The first-order valence-corrected chi connectivity index (χ1v) is 8.16. The number of aromatic nitrogens is 2. The summed E-state index contributed by atoms with van der Waals surface area (Å²) in [5, 5.41) is 2.78. The van der Waals surface area contributed by atoms with E-state index in [-0.39, 0.29) is 17.9 Å². The lowest BCUT2D eigenvalue weighted by atomic mass is 10.2. The molecular weight excluding hydrogens is 310 g/mol. The number of ether oxygens (including phenoxy) is 1. The lowest BCUT2D eigenvalue weighted by molar-refractivity contribution is -0.134. The Morgan fingerprint density at radius 3 is 2.62 bits per heavy atom. The van der Waals surface area contributed by atoms with E-state index in [0.29, 0.717) is 44.3 Å². The largest absolute Gasteiger partial charge is 0.378 e. The van der Waals surface area contributed by atoms with E-state index < -0.39 is 0 Å². The number of rotatable bonds is 4. The zero-order chi connectivity index (χ0) is 17.5. The number of amides is 3. The van der Waals surface area contributed by atoms with Crippen molar-refractivity contribution < 1.29 is 14.3 Å². The Morgan fingerprint density at radius 2 is 1.92 bits per heavy atom. The number of carbonyl (C=O) groups is 2. The van der Waals surface area contributed by atoms with Crippen molar-refractivity contribution >= 4 is 17.8 Å². The minimum absolute atomic E-state index is 0.0226. The predicted octanol–water partition coefficient (Wildman–Crippen LogP) is 1.35. The third-order valence-corrected chi connectivity index (χ3v) is 3.84. The zero-order valence-electron chi connectivity index (χ0n) is 14.5. The Kier molecular flexibility index (Phi) is 6.48. The van der Waals surface area contributed by atoms with Gasteiger partial charge in [-0.25, -0.2) is 14.8 Å². The summed E-state index contributed by atoms with van der Waals surface area (Å²) in [4.78, 5) is 36.2. The highest BCUT2D eigenvalue weighted by molar-refractivity contribution is 5.88. The maximum atomic E-state index is 12.4. The maximum Gasteiger partial charge on any atom is 0.323 e. The topological polar surface area (TPSA) is 87.7 Å².